The smallest absolute Gasteiger partial charge is 0.227 e. The molecule has 1 fully saturated rings. The molecule has 4 heterocycles. The van der Waals surface area contributed by atoms with Crippen molar-refractivity contribution < 1.29 is 17.6 Å². The molecular formula is C32H28FN7O3S. The Labute approximate surface area is 252 Å². The summed E-state index contributed by atoms with van der Waals surface area (Å²) >= 11 is 0. The number of H-pyrrole nitrogens is 2. The molecule has 0 spiro atoms. The number of rotatable bonds is 8. The van der Waals surface area contributed by atoms with Crippen molar-refractivity contribution in [3.05, 3.63) is 78.4 Å². The van der Waals surface area contributed by atoms with Crippen LogP contribution in [0.15, 0.2) is 67.0 Å². The third-order valence-corrected chi connectivity index (χ3v) is 8.90. The highest BCUT2D eigenvalue weighted by Gasteiger charge is 2.25. The molecule has 1 amide bonds. The minimum Gasteiger partial charge on any atom is -0.336 e. The van der Waals surface area contributed by atoms with Crippen LogP contribution in [0.2, 0.25) is 0 Å². The highest BCUT2D eigenvalue weighted by Crippen LogP contribution is 2.33. The van der Waals surface area contributed by atoms with Gasteiger partial charge in [0, 0.05) is 29.5 Å². The molecule has 1 aliphatic rings. The molecule has 1 saturated carbocycles. The summed E-state index contributed by atoms with van der Waals surface area (Å²) in [6, 6.07) is 15.8. The molecule has 0 saturated heterocycles. The molecule has 7 rings (SSSR count). The molecule has 2 aromatic carbocycles. The number of benzene rings is 2. The number of imidazole rings is 1. The highest BCUT2D eigenvalue weighted by molar-refractivity contribution is 7.90. The monoisotopic (exact) mass is 609 g/mol. The number of anilines is 1. The zero-order valence-electron chi connectivity index (χ0n) is 23.8. The van der Waals surface area contributed by atoms with Gasteiger partial charge in [0.25, 0.3) is 0 Å². The largest absolute Gasteiger partial charge is 0.336 e. The first-order valence-electron chi connectivity index (χ1n) is 14.3. The lowest BCUT2D eigenvalue weighted by molar-refractivity contribution is -0.122. The fraction of sp³-hybridized carbons (Fsp3) is 0.219. The van der Waals surface area contributed by atoms with Gasteiger partial charge in [-0.15, -0.1) is 0 Å². The maximum atomic E-state index is 14.6. The van der Waals surface area contributed by atoms with E-state index in [1.54, 1.807) is 18.5 Å². The number of halogens is 1. The van der Waals surface area contributed by atoms with Crippen LogP contribution in [0.1, 0.15) is 24.8 Å². The van der Waals surface area contributed by atoms with Crippen molar-refractivity contribution in [1.82, 2.24) is 30.1 Å². The predicted molar refractivity (Wildman–Crippen MR) is 167 cm³/mol. The summed E-state index contributed by atoms with van der Waals surface area (Å²) in [6.07, 6.45) is 7.62. The van der Waals surface area contributed by atoms with Crippen LogP contribution in [0, 0.1) is 11.7 Å². The van der Waals surface area contributed by atoms with E-state index in [4.69, 9.17) is 9.97 Å². The number of hydrogen-bond acceptors (Lipinski definition) is 7. The number of carbonyl (C=O) groups excluding carboxylic acids is 1. The molecular weight excluding hydrogens is 581 g/mol. The van der Waals surface area contributed by atoms with Crippen molar-refractivity contribution >= 4 is 43.5 Å². The Morgan fingerprint density at radius 1 is 1.00 bits per heavy atom. The average molecular weight is 610 g/mol. The summed E-state index contributed by atoms with van der Waals surface area (Å²) in [4.78, 5) is 29.8. The highest BCUT2D eigenvalue weighted by atomic mass is 32.2. The standard InChI is InChI=1S/C32H28FN7O3S/c1-44(42,43)11-10-18-12-20(14-22(33)13-18)24-6-3-7-26-28(24)38-31(37-26)30-29-27(39-40-30)9-8-25(36-29)21-15-23(17-34-16-21)35-32(41)19-4-2-5-19/h3,6-9,12-17,19H,2,4-5,10-11H2,1H3,(H,35,41)(H,37,38)(H,39,40). The number of fused-ring (bicyclic) bond motifs is 2. The molecule has 0 unspecified atom stereocenters. The van der Waals surface area contributed by atoms with Crippen LogP contribution < -0.4 is 5.32 Å². The number of amides is 1. The van der Waals surface area contributed by atoms with Gasteiger partial charge in [0.15, 0.2) is 11.5 Å². The topological polar surface area (TPSA) is 146 Å². The molecule has 0 radical (unpaired) electrons. The molecule has 0 atom stereocenters. The van der Waals surface area contributed by atoms with Gasteiger partial charge in [-0.1, -0.05) is 24.6 Å². The number of aromatic nitrogens is 6. The van der Waals surface area contributed by atoms with E-state index in [1.807, 2.05) is 36.4 Å². The Bertz CT molecular complexity index is 2170. The van der Waals surface area contributed by atoms with E-state index in [2.05, 4.69) is 25.5 Å². The maximum Gasteiger partial charge on any atom is 0.227 e. The third-order valence-electron chi connectivity index (χ3n) is 7.95. The van der Waals surface area contributed by atoms with Crippen molar-refractivity contribution in [3.63, 3.8) is 0 Å². The molecule has 1 aliphatic carbocycles. The van der Waals surface area contributed by atoms with Gasteiger partial charge in [0.2, 0.25) is 5.91 Å². The van der Waals surface area contributed by atoms with Crippen molar-refractivity contribution in [2.24, 2.45) is 5.92 Å². The van der Waals surface area contributed by atoms with Gasteiger partial charge in [0.05, 0.1) is 39.9 Å². The number of pyridine rings is 2. The Hall–Kier alpha value is -4.97. The summed E-state index contributed by atoms with van der Waals surface area (Å²) in [5, 5.41) is 10.5. The molecule has 0 bridgehead atoms. The average Bonchev–Trinajstić information content (AvgIpc) is 3.58. The van der Waals surface area contributed by atoms with Crippen LogP contribution in [-0.2, 0) is 21.1 Å². The van der Waals surface area contributed by atoms with Gasteiger partial charge < -0.3 is 10.3 Å². The van der Waals surface area contributed by atoms with Crippen molar-refractivity contribution in [3.8, 4) is 33.9 Å². The van der Waals surface area contributed by atoms with E-state index in [0.717, 1.165) is 30.3 Å². The van der Waals surface area contributed by atoms with E-state index in [0.29, 0.717) is 56.1 Å². The summed E-state index contributed by atoms with van der Waals surface area (Å²) < 4.78 is 38.0. The van der Waals surface area contributed by atoms with E-state index in [1.165, 1.54) is 18.4 Å². The molecule has 10 nitrogen and oxygen atoms in total. The number of sulfone groups is 1. The minimum atomic E-state index is -3.19. The molecule has 222 valence electrons. The van der Waals surface area contributed by atoms with Crippen LogP contribution >= 0.6 is 0 Å². The Morgan fingerprint density at radius 2 is 1.86 bits per heavy atom. The molecule has 0 aliphatic heterocycles. The van der Waals surface area contributed by atoms with Crippen LogP contribution in [0.3, 0.4) is 0 Å². The molecule has 6 aromatic rings. The summed E-state index contributed by atoms with van der Waals surface area (Å²) in [5.41, 5.74) is 7.09. The van der Waals surface area contributed by atoms with Crippen LogP contribution in [0.5, 0.6) is 0 Å². The second-order valence-corrected chi connectivity index (χ2v) is 13.5. The molecule has 4 aromatic heterocycles. The minimum absolute atomic E-state index is 0.0170. The summed E-state index contributed by atoms with van der Waals surface area (Å²) in [6.45, 7) is 0. The number of hydrogen-bond donors (Lipinski definition) is 3. The molecule has 44 heavy (non-hydrogen) atoms. The lowest BCUT2D eigenvalue weighted by Crippen LogP contribution is -2.28. The van der Waals surface area contributed by atoms with Gasteiger partial charge >= 0.3 is 0 Å². The summed E-state index contributed by atoms with van der Waals surface area (Å²) in [5.74, 6) is 0.0485. The second-order valence-electron chi connectivity index (χ2n) is 11.3. The van der Waals surface area contributed by atoms with E-state index >= 15 is 0 Å². The van der Waals surface area contributed by atoms with Gasteiger partial charge in [-0.25, -0.2) is 22.8 Å². The molecule has 3 N–H and O–H groups in total. The van der Waals surface area contributed by atoms with Crippen LogP contribution in [0.25, 0.3) is 56.0 Å². The Balaban J connectivity index is 1.23. The van der Waals surface area contributed by atoms with Crippen molar-refractivity contribution in [1.29, 1.82) is 0 Å². The lowest BCUT2D eigenvalue weighted by atomic mass is 9.85. The second kappa shape index (κ2) is 10.9. The first-order chi connectivity index (χ1) is 21.2. The SMILES string of the molecule is CS(=O)(=O)CCc1cc(F)cc(-c2cccc3[nH]c(-c4n[nH]c5ccc(-c6cncc(NC(=O)C7CCC7)c6)nc45)nc23)c1. The lowest BCUT2D eigenvalue weighted by Gasteiger charge is -2.24. The number of aromatic amines is 2. The fourth-order valence-corrected chi connectivity index (χ4v) is 6.03. The predicted octanol–water partition coefficient (Wildman–Crippen LogP) is 5.70. The third kappa shape index (κ3) is 5.55. The first-order valence-corrected chi connectivity index (χ1v) is 16.3. The van der Waals surface area contributed by atoms with Gasteiger partial charge in [-0.05, 0) is 66.8 Å². The van der Waals surface area contributed by atoms with E-state index in [9.17, 15) is 17.6 Å². The van der Waals surface area contributed by atoms with Crippen LogP contribution in [-0.4, -0.2) is 56.5 Å². The number of aryl methyl sites for hydroxylation is 1. The van der Waals surface area contributed by atoms with E-state index in [-0.39, 0.29) is 24.0 Å². The van der Waals surface area contributed by atoms with E-state index < -0.39 is 15.7 Å². The maximum absolute atomic E-state index is 14.6. The molecule has 12 heteroatoms. The number of nitrogens with one attached hydrogen (secondary N) is 3. The Morgan fingerprint density at radius 3 is 2.66 bits per heavy atom. The first kappa shape index (κ1) is 27.8. The van der Waals surface area contributed by atoms with Gasteiger partial charge in [-0.3, -0.25) is 14.9 Å². The summed E-state index contributed by atoms with van der Waals surface area (Å²) in [7, 11) is -3.19. The van der Waals surface area contributed by atoms with Crippen molar-refractivity contribution in [2.75, 3.05) is 17.3 Å². The zero-order chi connectivity index (χ0) is 30.4. The van der Waals surface area contributed by atoms with Crippen molar-refractivity contribution in [2.45, 2.75) is 25.7 Å². The quantitative estimate of drug-likeness (QED) is 0.201. The zero-order valence-corrected chi connectivity index (χ0v) is 24.6. The van der Waals surface area contributed by atoms with Gasteiger partial charge in [0.1, 0.15) is 21.2 Å². The van der Waals surface area contributed by atoms with Crippen LogP contribution in [0.4, 0.5) is 10.1 Å². The Kier molecular flexibility index (Phi) is 6.92. The number of carbonyl (C=O) groups is 1. The fourth-order valence-electron chi connectivity index (χ4n) is 5.42. The number of para-hydroxylation sites is 1. The number of nitrogens with zero attached hydrogens (tertiary/aromatic N) is 4. The van der Waals surface area contributed by atoms with Gasteiger partial charge in [-0.2, -0.15) is 5.10 Å². The normalized spacial score (nSPS) is 13.8.